The molecule has 1 saturated heterocycles. The number of carbonyl (C=O) groups excluding carboxylic acids is 2. The summed E-state index contributed by atoms with van der Waals surface area (Å²) in [7, 11) is 2.76. The molecule has 10 heteroatoms. The number of anilines is 3. The van der Waals surface area contributed by atoms with E-state index < -0.39 is 5.97 Å². The summed E-state index contributed by atoms with van der Waals surface area (Å²) < 4.78 is 30.1. The number of benzene rings is 4. The number of piperidine rings is 1. The van der Waals surface area contributed by atoms with Crippen LogP contribution in [0, 0.1) is 5.82 Å². The molecule has 0 unspecified atom stereocenters. The number of hydrogen-bond donors (Lipinski definition) is 1. The zero-order valence-electron chi connectivity index (χ0n) is 24.5. The SMILES string of the molecule is COC(=O)c1cc(Br)c(CC(=O)NN(c2ccc(Oc3ccc(F)cc3)cc2)c2ccccc2N2CCCCC2)cc1OC. The number of ether oxygens (including phenoxy) is 3. The van der Waals surface area contributed by atoms with Crippen molar-refractivity contribution in [2.45, 2.75) is 25.7 Å². The number of hydrazine groups is 1. The lowest BCUT2D eigenvalue weighted by Gasteiger charge is -2.34. The van der Waals surface area contributed by atoms with Gasteiger partial charge in [-0.3, -0.25) is 15.2 Å². The molecule has 0 bridgehead atoms. The first kappa shape index (κ1) is 30.9. The lowest BCUT2D eigenvalue weighted by atomic mass is 10.1. The first-order valence-electron chi connectivity index (χ1n) is 14.3. The van der Waals surface area contributed by atoms with Crippen molar-refractivity contribution < 1.29 is 28.2 Å². The van der Waals surface area contributed by atoms with Crippen molar-refractivity contribution in [3.05, 3.63) is 106 Å². The number of esters is 1. The van der Waals surface area contributed by atoms with E-state index in [1.165, 1.54) is 32.8 Å². The predicted molar refractivity (Wildman–Crippen MR) is 171 cm³/mol. The van der Waals surface area contributed by atoms with E-state index in [9.17, 15) is 14.0 Å². The van der Waals surface area contributed by atoms with Crippen molar-refractivity contribution in [1.82, 2.24) is 5.43 Å². The third kappa shape index (κ3) is 7.31. The Labute approximate surface area is 264 Å². The molecule has 0 aromatic heterocycles. The quantitative estimate of drug-likeness (QED) is 0.139. The van der Waals surface area contributed by atoms with E-state index >= 15 is 0 Å². The van der Waals surface area contributed by atoms with E-state index in [2.05, 4.69) is 32.3 Å². The van der Waals surface area contributed by atoms with Gasteiger partial charge in [0.05, 0.1) is 37.7 Å². The molecule has 0 atom stereocenters. The van der Waals surface area contributed by atoms with E-state index in [4.69, 9.17) is 14.2 Å². The molecule has 1 fully saturated rings. The van der Waals surface area contributed by atoms with Gasteiger partial charge in [0.15, 0.2) is 0 Å². The van der Waals surface area contributed by atoms with Crippen LogP contribution in [0.3, 0.4) is 0 Å². The molecule has 0 radical (unpaired) electrons. The second-order valence-electron chi connectivity index (χ2n) is 10.3. The highest BCUT2D eigenvalue weighted by Gasteiger charge is 2.23. The molecule has 1 aliphatic rings. The Bertz CT molecular complexity index is 1610. The van der Waals surface area contributed by atoms with Gasteiger partial charge < -0.3 is 19.1 Å². The zero-order valence-corrected chi connectivity index (χ0v) is 26.1. The first-order chi connectivity index (χ1) is 21.4. The van der Waals surface area contributed by atoms with Gasteiger partial charge in [0.2, 0.25) is 5.91 Å². The Morgan fingerprint density at radius 2 is 1.57 bits per heavy atom. The summed E-state index contributed by atoms with van der Waals surface area (Å²) in [5.41, 5.74) is 6.55. The highest BCUT2D eigenvalue weighted by atomic mass is 79.9. The summed E-state index contributed by atoms with van der Waals surface area (Å²) >= 11 is 3.50. The maximum atomic E-state index is 13.6. The summed E-state index contributed by atoms with van der Waals surface area (Å²) in [5, 5.41) is 1.78. The second kappa shape index (κ2) is 14.3. The van der Waals surface area contributed by atoms with Gasteiger partial charge in [-0.05, 0) is 97.6 Å². The van der Waals surface area contributed by atoms with E-state index in [1.54, 1.807) is 41.4 Å². The summed E-state index contributed by atoms with van der Waals surface area (Å²) in [6.45, 7) is 1.87. The Balaban J connectivity index is 1.45. The topological polar surface area (TPSA) is 80.3 Å². The highest BCUT2D eigenvalue weighted by molar-refractivity contribution is 9.10. The summed E-state index contributed by atoms with van der Waals surface area (Å²) in [6.07, 6.45) is 3.41. The molecule has 44 heavy (non-hydrogen) atoms. The number of carbonyl (C=O) groups is 2. The molecule has 0 aliphatic carbocycles. The van der Waals surface area contributed by atoms with Gasteiger partial charge >= 0.3 is 5.97 Å². The molecule has 228 valence electrons. The van der Waals surface area contributed by atoms with Gasteiger partial charge in [0, 0.05) is 17.6 Å². The smallest absolute Gasteiger partial charge is 0.341 e. The van der Waals surface area contributed by atoms with Gasteiger partial charge in [0.25, 0.3) is 0 Å². The van der Waals surface area contributed by atoms with Gasteiger partial charge in [-0.25, -0.2) is 9.18 Å². The normalized spacial score (nSPS) is 12.8. The van der Waals surface area contributed by atoms with Crippen LogP contribution in [0.2, 0.25) is 0 Å². The molecule has 4 aromatic carbocycles. The lowest BCUT2D eigenvalue weighted by Crippen LogP contribution is -2.41. The fourth-order valence-corrected chi connectivity index (χ4v) is 5.61. The number of rotatable bonds is 10. The van der Waals surface area contributed by atoms with Crippen LogP contribution in [0.5, 0.6) is 17.2 Å². The summed E-state index contributed by atoms with van der Waals surface area (Å²) in [5.74, 6) is 0.240. The van der Waals surface area contributed by atoms with Crippen LogP contribution in [0.1, 0.15) is 35.2 Å². The molecule has 8 nitrogen and oxygen atoms in total. The standard InChI is InChI=1S/C34H33BrFN3O5/c1-42-32-20-23(29(35)22-28(32)34(41)43-2)21-33(40)37-39(31-9-5-4-8-30(31)38-18-6-3-7-19-38)25-12-16-27(17-13-25)44-26-14-10-24(36)11-15-26/h4-5,8-17,20,22H,3,6-7,18-19,21H2,1-2H3,(H,37,40). The third-order valence-electron chi connectivity index (χ3n) is 7.32. The van der Waals surface area contributed by atoms with Crippen LogP contribution in [0.25, 0.3) is 0 Å². The molecule has 0 saturated carbocycles. The second-order valence-corrected chi connectivity index (χ2v) is 11.1. The van der Waals surface area contributed by atoms with Crippen LogP contribution in [-0.4, -0.2) is 39.2 Å². The molecule has 1 aliphatic heterocycles. The van der Waals surface area contributed by atoms with Crippen molar-refractivity contribution in [3.63, 3.8) is 0 Å². The predicted octanol–water partition coefficient (Wildman–Crippen LogP) is 7.58. The van der Waals surface area contributed by atoms with Gasteiger partial charge in [-0.15, -0.1) is 0 Å². The van der Waals surface area contributed by atoms with Crippen LogP contribution in [0.15, 0.2) is 89.4 Å². The molecule has 1 heterocycles. The van der Waals surface area contributed by atoms with Crippen LogP contribution in [-0.2, 0) is 16.0 Å². The first-order valence-corrected chi connectivity index (χ1v) is 15.1. The number of nitrogens with one attached hydrogen (secondary N) is 1. The largest absolute Gasteiger partial charge is 0.496 e. The molecule has 1 amide bonds. The van der Waals surface area contributed by atoms with Crippen molar-refractivity contribution in [3.8, 4) is 17.2 Å². The molecule has 4 aromatic rings. The van der Waals surface area contributed by atoms with Crippen molar-refractivity contribution >= 4 is 44.9 Å². The van der Waals surface area contributed by atoms with Crippen molar-refractivity contribution in [1.29, 1.82) is 0 Å². The molecular weight excluding hydrogens is 629 g/mol. The van der Waals surface area contributed by atoms with Crippen LogP contribution in [0.4, 0.5) is 21.5 Å². The number of methoxy groups -OCH3 is 2. The number of hydrogen-bond acceptors (Lipinski definition) is 7. The summed E-state index contributed by atoms with van der Waals surface area (Å²) in [4.78, 5) is 28.2. The monoisotopic (exact) mass is 661 g/mol. The van der Waals surface area contributed by atoms with Crippen LogP contribution < -0.4 is 24.8 Å². The van der Waals surface area contributed by atoms with Gasteiger partial charge in [0.1, 0.15) is 28.6 Å². The zero-order chi connectivity index (χ0) is 31.1. The van der Waals surface area contributed by atoms with E-state index in [1.807, 2.05) is 30.3 Å². The van der Waals surface area contributed by atoms with Crippen LogP contribution >= 0.6 is 15.9 Å². The number of amides is 1. The molecule has 5 rings (SSSR count). The van der Waals surface area contributed by atoms with Gasteiger partial charge in [-0.2, -0.15) is 0 Å². The summed E-state index contributed by atoms with van der Waals surface area (Å²) in [6, 6.07) is 24.4. The Kier molecular flexibility index (Phi) is 10.0. The lowest BCUT2D eigenvalue weighted by molar-refractivity contribution is -0.120. The van der Waals surface area contributed by atoms with Crippen molar-refractivity contribution in [2.24, 2.45) is 0 Å². The number of para-hydroxylation sites is 2. The third-order valence-corrected chi connectivity index (χ3v) is 8.06. The Hall–Kier alpha value is -4.57. The van der Waals surface area contributed by atoms with Crippen molar-refractivity contribution in [2.75, 3.05) is 37.2 Å². The minimum absolute atomic E-state index is 0.00649. The molecular formula is C34H33BrFN3O5. The van der Waals surface area contributed by atoms with Gasteiger partial charge in [-0.1, -0.05) is 28.1 Å². The fourth-order valence-electron chi connectivity index (χ4n) is 5.13. The van der Waals surface area contributed by atoms with E-state index in [0.717, 1.165) is 37.3 Å². The van der Waals surface area contributed by atoms with E-state index in [-0.39, 0.29) is 23.7 Å². The number of nitrogens with zero attached hydrogens (tertiary/aromatic N) is 2. The minimum Gasteiger partial charge on any atom is -0.496 e. The van der Waals surface area contributed by atoms with E-state index in [0.29, 0.717) is 33.0 Å². The minimum atomic E-state index is -0.536. The average molecular weight is 663 g/mol. The Morgan fingerprint density at radius 1 is 0.909 bits per heavy atom. The number of halogens is 2. The Morgan fingerprint density at radius 3 is 2.23 bits per heavy atom. The molecule has 1 N–H and O–H groups in total. The fraction of sp³-hybridized carbons (Fsp3) is 0.235. The highest BCUT2D eigenvalue weighted by Crippen LogP contribution is 2.36. The maximum Gasteiger partial charge on any atom is 0.341 e. The maximum absolute atomic E-state index is 13.6. The molecule has 0 spiro atoms. The average Bonchev–Trinajstić information content (AvgIpc) is 3.06.